The Morgan fingerprint density at radius 2 is 2.00 bits per heavy atom. The molecular weight excluding hydrogens is 327 g/mol. The maximum atomic E-state index is 12.1. The number of nitrogens with one attached hydrogen (secondary N) is 2. The van der Waals surface area contributed by atoms with Crippen molar-refractivity contribution in [3.05, 3.63) is 35.1 Å². The van der Waals surface area contributed by atoms with Crippen molar-refractivity contribution in [2.45, 2.75) is 57.4 Å². The lowest BCUT2D eigenvalue weighted by atomic mass is 9.87. The second-order valence-corrected chi connectivity index (χ2v) is 7.16. The topological polar surface area (TPSA) is 41.1 Å². The fraction of sp³-hybridized carbons (Fsp3) is 0.632. The van der Waals surface area contributed by atoms with Crippen LogP contribution in [0.2, 0.25) is 5.02 Å². The molecule has 0 radical (unpaired) electrons. The molecule has 3 nitrogen and oxygen atoms in total. The summed E-state index contributed by atoms with van der Waals surface area (Å²) < 4.78 is 12.1. The molecule has 0 bridgehead atoms. The molecule has 2 N–H and O–H groups in total. The highest BCUT2D eigenvalue weighted by atomic mass is 35.5. The Hall–Kier alpha value is -1.13. The van der Waals surface area contributed by atoms with Crippen molar-refractivity contribution in [3.8, 4) is 0 Å². The highest BCUT2D eigenvalue weighted by Crippen LogP contribution is 2.25. The van der Waals surface area contributed by atoms with Gasteiger partial charge in [-0.2, -0.15) is 0 Å². The van der Waals surface area contributed by atoms with Gasteiger partial charge in [-0.15, -0.1) is 0 Å². The second-order valence-electron chi connectivity index (χ2n) is 6.73. The predicted octanol–water partition coefficient (Wildman–Crippen LogP) is 4.30. The van der Waals surface area contributed by atoms with E-state index in [1.54, 1.807) is 12.1 Å². The fourth-order valence-electron chi connectivity index (χ4n) is 3.39. The first-order chi connectivity index (χ1) is 11.6. The molecule has 1 saturated heterocycles. The molecule has 1 aliphatic heterocycles. The van der Waals surface area contributed by atoms with E-state index >= 15 is 0 Å². The van der Waals surface area contributed by atoms with E-state index in [-0.39, 0.29) is 11.7 Å². The first-order valence-electron chi connectivity index (χ1n) is 9.04. The average molecular weight is 355 g/mol. The van der Waals surface area contributed by atoms with Crippen molar-refractivity contribution in [3.63, 3.8) is 0 Å². The molecular formula is C19H28ClFN2O. The maximum Gasteiger partial charge on any atom is 0.221 e. The summed E-state index contributed by atoms with van der Waals surface area (Å²) in [5.74, 6) is 0.859. The van der Waals surface area contributed by atoms with Crippen LogP contribution in [-0.2, 0) is 4.79 Å². The molecule has 0 spiro atoms. The molecule has 1 atom stereocenters. The minimum Gasteiger partial charge on any atom is -0.356 e. The Morgan fingerprint density at radius 1 is 1.21 bits per heavy atom. The smallest absolute Gasteiger partial charge is 0.221 e. The zero-order valence-electron chi connectivity index (χ0n) is 14.2. The normalized spacial score (nSPS) is 21.6. The lowest BCUT2D eigenvalue weighted by Gasteiger charge is -2.25. The van der Waals surface area contributed by atoms with Gasteiger partial charge in [0.1, 0.15) is 5.82 Å². The van der Waals surface area contributed by atoms with Crippen molar-refractivity contribution in [2.75, 3.05) is 13.1 Å². The van der Waals surface area contributed by atoms with Gasteiger partial charge in [0.15, 0.2) is 0 Å². The maximum absolute atomic E-state index is 12.1. The quantitative estimate of drug-likeness (QED) is 0.846. The van der Waals surface area contributed by atoms with E-state index in [1.165, 1.54) is 50.7 Å². The van der Waals surface area contributed by atoms with Gasteiger partial charge in [0.25, 0.3) is 0 Å². The summed E-state index contributed by atoms with van der Waals surface area (Å²) in [6.45, 7) is 1.95. The van der Waals surface area contributed by atoms with E-state index in [4.69, 9.17) is 11.6 Å². The van der Waals surface area contributed by atoms with Crippen LogP contribution in [0.1, 0.15) is 51.4 Å². The Morgan fingerprint density at radius 3 is 2.62 bits per heavy atom. The van der Waals surface area contributed by atoms with Gasteiger partial charge in [-0.3, -0.25) is 4.79 Å². The molecule has 1 saturated carbocycles. The van der Waals surface area contributed by atoms with Crippen LogP contribution in [0.15, 0.2) is 24.3 Å². The van der Waals surface area contributed by atoms with Crippen molar-refractivity contribution in [2.24, 2.45) is 5.92 Å². The number of benzene rings is 1. The molecule has 5 heteroatoms. The van der Waals surface area contributed by atoms with Crippen molar-refractivity contribution < 1.29 is 9.18 Å². The Kier molecular flexibility index (Phi) is 8.54. The number of amides is 1. The standard InChI is InChI=1S/C13H24N2O.C6H4ClF/c16-13-10-12(7-9-15-13)14-8-6-11-4-2-1-3-5-11;7-5-2-1-3-6(8)4-5/h11-12,14H,1-10H2,(H,15,16);1-4H. The van der Waals surface area contributed by atoms with Crippen LogP contribution in [0, 0.1) is 11.7 Å². The lowest BCUT2D eigenvalue weighted by molar-refractivity contribution is -0.122. The second kappa shape index (κ2) is 10.7. The minimum absolute atomic E-state index is 0.210. The number of piperidine rings is 1. The van der Waals surface area contributed by atoms with Crippen molar-refractivity contribution in [1.82, 2.24) is 10.6 Å². The molecule has 1 heterocycles. The van der Waals surface area contributed by atoms with Gasteiger partial charge in [-0.1, -0.05) is 49.8 Å². The molecule has 134 valence electrons. The zero-order chi connectivity index (χ0) is 17.2. The van der Waals surface area contributed by atoms with E-state index in [2.05, 4.69) is 10.6 Å². The van der Waals surface area contributed by atoms with Gasteiger partial charge in [-0.25, -0.2) is 4.39 Å². The minimum atomic E-state index is -0.294. The van der Waals surface area contributed by atoms with Crippen molar-refractivity contribution in [1.29, 1.82) is 0 Å². The van der Waals surface area contributed by atoms with Gasteiger partial charge < -0.3 is 10.6 Å². The largest absolute Gasteiger partial charge is 0.356 e. The molecule has 1 aromatic carbocycles. The third-order valence-corrected chi connectivity index (χ3v) is 4.98. The van der Waals surface area contributed by atoms with Crippen LogP contribution in [0.4, 0.5) is 4.39 Å². The van der Waals surface area contributed by atoms with Crippen LogP contribution >= 0.6 is 11.6 Å². The van der Waals surface area contributed by atoms with Gasteiger partial charge in [0, 0.05) is 24.0 Å². The first kappa shape index (κ1) is 19.2. The third-order valence-electron chi connectivity index (χ3n) is 4.74. The Labute approximate surface area is 149 Å². The van der Waals surface area contributed by atoms with Crippen LogP contribution in [0.3, 0.4) is 0 Å². The van der Waals surface area contributed by atoms with E-state index in [1.807, 2.05) is 0 Å². The van der Waals surface area contributed by atoms with Gasteiger partial charge >= 0.3 is 0 Å². The molecule has 2 aliphatic rings. The summed E-state index contributed by atoms with van der Waals surface area (Å²) >= 11 is 5.40. The molecule has 0 aromatic heterocycles. The summed E-state index contributed by atoms with van der Waals surface area (Å²) in [4.78, 5) is 11.2. The summed E-state index contributed by atoms with van der Waals surface area (Å²) in [7, 11) is 0. The lowest BCUT2D eigenvalue weighted by Crippen LogP contribution is -2.43. The molecule has 3 rings (SSSR count). The number of hydrogen-bond acceptors (Lipinski definition) is 2. The molecule has 1 aliphatic carbocycles. The van der Waals surface area contributed by atoms with Gasteiger partial charge in [-0.05, 0) is 43.5 Å². The van der Waals surface area contributed by atoms with E-state index in [0.717, 1.165) is 25.4 Å². The van der Waals surface area contributed by atoms with E-state index in [0.29, 0.717) is 17.5 Å². The summed E-state index contributed by atoms with van der Waals surface area (Å²) in [6, 6.07) is 6.24. The number of carbonyl (C=O) groups is 1. The average Bonchev–Trinajstić information content (AvgIpc) is 2.56. The molecule has 2 fully saturated rings. The summed E-state index contributed by atoms with van der Waals surface area (Å²) in [5.41, 5.74) is 0. The molecule has 1 aromatic rings. The number of rotatable bonds is 4. The highest BCUT2D eigenvalue weighted by Gasteiger charge is 2.19. The summed E-state index contributed by atoms with van der Waals surface area (Å²) in [6.07, 6.45) is 10.2. The monoisotopic (exact) mass is 354 g/mol. The Balaban J connectivity index is 0.000000219. The number of carbonyl (C=O) groups excluding carboxylic acids is 1. The van der Waals surface area contributed by atoms with Crippen LogP contribution in [-0.4, -0.2) is 25.0 Å². The number of halogens is 2. The van der Waals surface area contributed by atoms with Gasteiger partial charge in [0.2, 0.25) is 5.91 Å². The van der Waals surface area contributed by atoms with E-state index in [9.17, 15) is 9.18 Å². The SMILES string of the molecule is Fc1cccc(Cl)c1.O=C1CC(NCCC2CCCCC2)CCN1. The summed E-state index contributed by atoms with van der Waals surface area (Å²) in [5, 5.41) is 6.85. The van der Waals surface area contributed by atoms with E-state index < -0.39 is 0 Å². The van der Waals surface area contributed by atoms with Crippen LogP contribution < -0.4 is 10.6 Å². The third kappa shape index (κ3) is 7.63. The van der Waals surface area contributed by atoms with Gasteiger partial charge in [0.05, 0.1) is 0 Å². The zero-order valence-corrected chi connectivity index (χ0v) is 15.0. The Bertz CT molecular complexity index is 489. The fourth-order valence-corrected chi connectivity index (χ4v) is 3.56. The number of hydrogen-bond donors (Lipinski definition) is 2. The highest BCUT2D eigenvalue weighted by molar-refractivity contribution is 6.30. The molecule has 1 unspecified atom stereocenters. The van der Waals surface area contributed by atoms with Crippen molar-refractivity contribution >= 4 is 17.5 Å². The van der Waals surface area contributed by atoms with Crippen LogP contribution in [0.5, 0.6) is 0 Å². The predicted molar refractivity (Wildman–Crippen MR) is 96.6 cm³/mol. The van der Waals surface area contributed by atoms with Crippen LogP contribution in [0.25, 0.3) is 0 Å². The molecule has 24 heavy (non-hydrogen) atoms. The first-order valence-corrected chi connectivity index (χ1v) is 9.42. The molecule has 1 amide bonds.